The number of nitriles is 1. The third kappa shape index (κ3) is 1.25. The van der Waals surface area contributed by atoms with Gasteiger partial charge in [-0.2, -0.15) is 5.26 Å². The van der Waals surface area contributed by atoms with E-state index in [0.29, 0.717) is 10.6 Å². The van der Waals surface area contributed by atoms with E-state index in [4.69, 9.17) is 11.0 Å². The first-order valence-electron chi connectivity index (χ1n) is 3.95. The number of allylic oxidation sites excluding steroid dienone is 4. The van der Waals surface area contributed by atoms with Crippen LogP contribution < -0.4 is 5.73 Å². The van der Waals surface area contributed by atoms with Crippen LogP contribution in [-0.4, -0.2) is 0 Å². The van der Waals surface area contributed by atoms with Crippen LogP contribution >= 0.6 is 11.3 Å². The van der Waals surface area contributed by atoms with Crippen LogP contribution in [0.15, 0.2) is 29.7 Å². The summed E-state index contributed by atoms with van der Waals surface area (Å²) in [5, 5.41) is 11.5. The lowest BCUT2D eigenvalue weighted by molar-refractivity contribution is 1.11. The van der Waals surface area contributed by atoms with Gasteiger partial charge >= 0.3 is 0 Å². The molecule has 2 N–H and O–H groups in total. The molecule has 0 radical (unpaired) electrons. The molecule has 0 saturated heterocycles. The highest BCUT2D eigenvalue weighted by Gasteiger charge is 2.15. The van der Waals surface area contributed by atoms with Gasteiger partial charge in [0.05, 0.1) is 5.56 Å². The van der Waals surface area contributed by atoms with Crippen LogP contribution in [0.4, 0.5) is 5.00 Å². The Hall–Kier alpha value is -1.53. The molecule has 0 spiro atoms. The van der Waals surface area contributed by atoms with Gasteiger partial charge in [0, 0.05) is 5.92 Å². The zero-order valence-corrected chi connectivity index (χ0v) is 7.71. The Labute approximate surface area is 80.6 Å². The fraction of sp³-hybridized carbons (Fsp3) is 0.100. The maximum atomic E-state index is 8.88. The van der Waals surface area contributed by atoms with Crippen molar-refractivity contribution in [2.75, 3.05) is 5.73 Å². The third-order valence-corrected chi connectivity index (χ3v) is 2.90. The molecule has 64 valence electrons. The van der Waals surface area contributed by atoms with Crippen LogP contribution in [0.25, 0.3) is 0 Å². The van der Waals surface area contributed by atoms with E-state index >= 15 is 0 Å². The molecule has 0 atom stereocenters. The predicted octanol–water partition coefficient (Wildman–Crippen LogP) is 2.41. The average molecular weight is 188 g/mol. The summed E-state index contributed by atoms with van der Waals surface area (Å²) >= 11 is 1.43. The molecular formula is C10H8N2S. The number of rotatable bonds is 1. The minimum atomic E-state index is 0.239. The van der Waals surface area contributed by atoms with Crippen molar-refractivity contribution < 1.29 is 0 Å². The molecule has 0 unspecified atom stereocenters. The van der Waals surface area contributed by atoms with Crippen molar-refractivity contribution in [2.24, 2.45) is 0 Å². The zero-order valence-electron chi connectivity index (χ0n) is 6.90. The molecule has 0 aromatic carbocycles. The number of hydrogen-bond acceptors (Lipinski definition) is 3. The number of nitrogens with zero attached hydrogens (tertiary/aromatic N) is 1. The minimum Gasteiger partial charge on any atom is -0.389 e. The Morgan fingerprint density at radius 3 is 2.69 bits per heavy atom. The first kappa shape index (κ1) is 8.09. The summed E-state index contributed by atoms with van der Waals surface area (Å²) in [6.45, 7) is 0. The highest BCUT2D eigenvalue weighted by atomic mass is 32.1. The Morgan fingerprint density at radius 2 is 2.08 bits per heavy atom. The first-order valence-corrected chi connectivity index (χ1v) is 4.83. The molecule has 1 heterocycles. The van der Waals surface area contributed by atoms with Crippen molar-refractivity contribution in [1.82, 2.24) is 0 Å². The summed E-state index contributed by atoms with van der Waals surface area (Å²) in [7, 11) is 0. The van der Waals surface area contributed by atoms with Crippen molar-refractivity contribution in [2.45, 2.75) is 5.92 Å². The molecule has 1 aliphatic carbocycles. The second kappa shape index (κ2) is 3.08. The van der Waals surface area contributed by atoms with Crippen molar-refractivity contribution >= 4 is 16.3 Å². The summed E-state index contributed by atoms with van der Waals surface area (Å²) in [4.78, 5) is 0. The Balaban J connectivity index is 2.46. The van der Waals surface area contributed by atoms with E-state index in [0.717, 1.165) is 5.56 Å². The van der Waals surface area contributed by atoms with Crippen molar-refractivity contribution in [1.29, 1.82) is 5.26 Å². The minimum absolute atomic E-state index is 0.239. The molecule has 0 fully saturated rings. The molecule has 0 aliphatic heterocycles. The van der Waals surface area contributed by atoms with Crippen LogP contribution in [-0.2, 0) is 0 Å². The van der Waals surface area contributed by atoms with Crippen LogP contribution in [0.1, 0.15) is 17.0 Å². The summed E-state index contributed by atoms with van der Waals surface area (Å²) in [6, 6.07) is 2.14. The van der Waals surface area contributed by atoms with Gasteiger partial charge in [-0.3, -0.25) is 0 Å². The highest BCUT2D eigenvalue weighted by Crippen LogP contribution is 2.33. The first-order chi connectivity index (χ1) is 6.33. The lowest BCUT2D eigenvalue weighted by Gasteiger charge is -2.02. The van der Waals surface area contributed by atoms with Crippen molar-refractivity contribution in [3.63, 3.8) is 0 Å². The smallest absolute Gasteiger partial charge is 0.104 e. The molecule has 13 heavy (non-hydrogen) atoms. The average Bonchev–Trinajstić information content (AvgIpc) is 2.71. The van der Waals surface area contributed by atoms with Gasteiger partial charge in [0.1, 0.15) is 11.1 Å². The fourth-order valence-corrected chi connectivity index (χ4v) is 2.20. The second-order valence-corrected chi connectivity index (χ2v) is 3.75. The van der Waals surface area contributed by atoms with Gasteiger partial charge in [-0.25, -0.2) is 0 Å². The van der Waals surface area contributed by atoms with Gasteiger partial charge in [-0.15, -0.1) is 11.3 Å². The van der Waals surface area contributed by atoms with Crippen LogP contribution in [0, 0.1) is 11.3 Å². The molecule has 2 nitrogen and oxygen atoms in total. The Kier molecular flexibility index (Phi) is 1.91. The maximum Gasteiger partial charge on any atom is 0.104 e. The SMILES string of the molecule is N#Cc1c(C2C=CC=C2)csc1N. The quantitative estimate of drug-likeness (QED) is 0.735. The molecule has 0 amide bonds. The topological polar surface area (TPSA) is 49.8 Å². The third-order valence-electron chi connectivity index (χ3n) is 2.07. The molecule has 0 bridgehead atoms. The number of thiophene rings is 1. The highest BCUT2D eigenvalue weighted by molar-refractivity contribution is 7.14. The molecule has 0 saturated carbocycles. The number of anilines is 1. The van der Waals surface area contributed by atoms with Gasteiger partial charge in [-0.1, -0.05) is 24.3 Å². The van der Waals surface area contributed by atoms with E-state index < -0.39 is 0 Å². The number of nitrogens with two attached hydrogens (primary N) is 1. The summed E-state index contributed by atoms with van der Waals surface area (Å²) in [5.41, 5.74) is 7.32. The molecule has 2 rings (SSSR count). The predicted molar refractivity (Wildman–Crippen MR) is 54.5 cm³/mol. The van der Waals surface area contributed by atoms with Gasteiger partial charge in [0.15, 0.2) is 0 Å². The molecule has 1 aromatic heterocycles. The molecule has 1 aliphatic rings. The van der Waals surface area contributed by atoms with Gasteiger partial charge < -0.3 is 5.73 Å². The van der Waals surface area contributed by atoms with Crippen LogP contribution in [0.3, 0.4) is 0 Å². The van der Waals surface area contributed by atoms with Gasteiger partial charge in [0.25, 0.3) is 0 Å². The lowest BCUT2D eigenvalue weighted by Crippen LogP contribution is -1.91. The monoisotopic (exact) mass is 188 g/mol. The van der Waals surface area contributed by atoms with E-state index in [2.05, 4.69) is 18.2 Å². The van der Waals surface area contributed by atoms with E-state index in [9.17, 15) is 0 Å². The van der Waals surface area contributed by atoms with Crippen molar-refractivity contribution in [3.05, 3.63) is 40.8 Å². The van der Waals surface area contributed by atoms with Gasteiger partial charge in [-0.05, 0) is 10.9 Å². The van der Waals surface area contributed by atoms with E-state index in [1.54, 1.807) is 0 Å². The Bertz CT molecular complexity index is 409. The molecule has 3 heteroatoms. The van der Waals surface area contributed by atoms with Crippen LogP contribution in [0.2, 0.25) is 0 Å². The van der Waals surface area contributed by atoms with E-state index in [-0.39, 0.29) is 5.92 Å². The normalized spacial score (nSPS) is 15.0. The fourth-order valence-electron chi connectivity index (χ4n) is 1.39. The molecule has 1 aromatic rings. The second-order valence-electron chi connectivity index (χ2n) is 2.84. The zero-order chi connectivity index (χ0) is 9.26. The molecular weight excluding hydrogens is 180 g/mol. The number of hydrogen-bond donors (Lipinski definition) is 1. The van der Waals surface area contributed by atoms with E-state index in [1.807, 2.05) is 17.5 Å². The van der Waals surface area contributed by atoms with Crippen molar-refractivity contribution in [3.8, 4) is 6.07 Å². The summed E-state index contributed by atoms with van der Waals surface area (Å²) in [5.74, 6) is 0.239. The maximum absolute atomic E-state index is 8.88. The summed E-state index contributed by atoms with van der Waals surface area (Å²) < 4.78 is 0. The largest absolute Gasteiger partial charge is 0.389 e. The Morgan fingerprint density at radius 1 is 1.38 bits per heavy atom. The number of nitrogen functional groups attached to an aromatic ring is 1. The van der Waals surface area contributed by atoms with Gasteiger partial charge in [0.2, 0.25) is 0 Å². The summed E-state index contributed by atoms with van der Waals surface area (Å²) in [6.07, 6.45) is 8.09. The standard InChI is InChI=1S/C10H8N2S/c11-5-8-9(6-13-10(8)12)7-3-1-2-4-7/h1-4,6-7H,12H2. The van der Waals surface area contributed by atoms with E-state index in [1.165, 1.54) is 11.3 Å². The lowest BCUT2D eigenvalue weighted by atomic mass is 10.0. The van der Waals surface area contributed by atoms with Crippen LogP contribution in [0.5, 0.6) is 0 Å².